The lowest BCUT2D eigenvalue weighted by atomic mass is 9.99. The van der Waals surface area contributed by atoms with Gasteiger partial charge in [-0.2, -0.15) is 0 Å². The van der Waals surface area contributed by atoms with Crippen LogP contribution >= 0.6 is 0 Å². The van der Waals surface area contributed by atoms with Crippen molar-refractivity contribution < 1.29 is 14.3 Å². The number of anilines is 2. The Morgan fingerprint density at radius 2 is 1.85 bits per heavy atom. The predicted molar refractivity (Wildman–Crippen MR) is 105 cm³/mol. The normalized spacial score (nSPS) is 19.1. The zero-order valence-electron chi connectivity index (χ0n) is 15.6. The summed E-state index contributed by atoms with van der Waals surface area (Å²) >= 11 is 0. The number of hydrogen-bond acceptors (Lipinski definition) is 3. The van der Waals surface area contributed by atoms with E-state index < -0.39 is 0 Å². The topological polar surface area (TPSA) is 49.9 Å². The Morgan fingerprint density at radius 1 is 1.11 bits per heavy atom. The second kappa shape index (κ2) is 7.43. The fourth-order valence-corrected chi connectivity index (χ4v) is 4.05. The molecule has 1 unspecified atom stereocenters. The number of benzene rings is 2. The summed E-state index contributed by atoms with van der Waals surface area (Å²) in [7, 11) is 0. The first kappa shape index (κ1) is 17.6. The van der Waals surface area contributed by atoms with Gasteiger partial charge >= 0.3 is 0 Å². The molecule has 0 aromatic heterocycles. The highest BCUT2D eigenvalue weighted by molar-refractivity contribution is 6.05. The molecule has 0 N–H and O–H groups in total. The third-order valence-corrected chi connectivity index (χ3v) is 5.31. The van der Waals surface area contributed by atoms with Crippen molar-refractivity contribution in [2.24, 2.45) is 5.92 Å². The van der Waals surface area contributed by atoms with Crippen LogP contribution in [0.4, 0.5) is 11.4 Å². The molecule has 2 aliphatic heterocycles. The van der Waals surface area contributed by atoms with Crippen LogP contribution in [0.5, 0.6) is 5.75 Å². The number of fused-ring (bicyclic) bond motifs is 1. The van der Waals surface area contributed by atoms with Crippen LogP contribution in [0.1, 0.15) is 25.3 Å². The van der Waals surface area contributed by atoms with E-state index in [1.807, 2.05) is 54.3 Å². The molecule has 0 radical (unpaired) electrons. The highest BCUT2D eigenvalue weighted by Crippen LogP contribution is 2.35. The summed E-state index contributed by atoms with van der Waals surface area (Å²) in [6.45, 7) is 3.57. The van der Waals surface area contributed by atoms with Crippen LogP contribution in [-0.4, -0.2) is 31.5 Å². The van der Waals surface area contributed by atoms with Gasteiger partial charge in [0, 0.05) is 25.2 Å². The predicted octanol–water partition coefficient (Wildman–Crippen LogP) is 3.42. The molecule has 2 amide bonds. The molecule has 2 aromatic rings. The Morgan fingerprint density at radius 3 is 2.67 bits per heavy atom. The summed E-state index contributed by atoms with van der Waals surface area (Å²) in [5.41, 5.74) is 2.95. The number of ether oxygens (including phenoxy) is 1. The van der Waals surface area contributed by atoms with Gasteiger partial charge in [0.2, 0.25) is 11.8 Å². The summed E-state index contributed by atoms with van der Waals surface area (Å²) in [5.74, 6) is 0.390. The largest absolute Gasteiger partial charge is 0.492 e. The molecule has 27 heavy (non-hydrogen) atoms. The molecule has 2 aromatic carbocycles. The first-order valence-corrected chi connectivity index (χ1v) is 9.60. The van der Waals surface area contributed by atoms with Gasteiger partial charge in [0.25, 0.3) is 0 Å². The third kappa shape index (κ3) is 3.29. The molecule has 0 aliphatic carbocycles. The maximum absolute atomic E-state index is 13.2. The van der Waals surface area contributed by atoms with Gasteiger partial charge in [0.1, 0.15) is 5.75 Å². The van der Waals surface area contributed by atoms with E-state index in [0.29, 0.717) is 18.9 Å². The molecule has 140 valence electrons. The van der Waals surface area contributed by atoms with Gasteiger partial charge in [0.05, 0.1) is 18.2 Å². The minimum atomic E-state index is -0.321. The summed E-state index contributed by atoms with van der Waals surface area (Å²) < 4.78 is 5.67. The minimum absolute atomic E-state index is 0.0224. The second-order valence-electron chi connectivity index (χ2n) is 7.03. The third-order valence-electron chi connectivity index (χ3n) is 5.31. The fraction of sp³-hybridized carbons (Fsp3) is 0.364. The molecule has 4 rings (SSSR count). The second-order valence-corrected chi connectivity index (χ2v) is 7.03. The average Bonchev–Trinajstić information content (AvgIpc) is 3.09. The van der Waals surface area contributed by atoms with Gasteiger partial charge in [-0.25, -0.2) is 0 Å². The molecule has 1 atom stereocenters. The van der Waals surface area contributed by atoms with Crippen LogP contribution in [0.15, 0.2) is 48.5 Å². The number of carbonyl (C=O) groups excluding carboxylic acids is 2. The van der Waals surface area contributed by atoms with E-state index >= 15 is 0 Å². The van der Waals surface area contributed by atoms with Crippen molar-refractivity contribution in [3.63, 3.8) is 0 Å². The quantitative estimate of drug-likeness (QED) is 0.835. The lowest BCUT2D eigenvalue weighted by molar-refractivity contribution is -0.124. The van der Waals surface area contributed by atoms with Crippen molar-refractivity contribution in [1.82, 2.24) is 0 Å². The Labute approximate surface area is 159 Å². The molecule has 2 aliphatic rings. The highest BCUT2D eigenvalue weighted by atomic mass is 16.5. The highest BCUT2D eigenvalue weighted by Gasteiger charge is 2.39. The number of rotatable bonds is 4. The molecule has 5 heteroatoms. The maximum Gasteiger partial charge on any atom is 0.232 e. The smallest absolute Gasteiger partial charge is 0.232 e. The van der Waals surface area contributed by atoms with Crippen molar-refractivity contribution in [2.45, 2.75) is 26.2 Å². The van der Waals surface area contributed by atoms with E-state index in [4.69, 9.17) is 4.74 Å². The van der Waals surface area contributed by atoms with E-state index in [-0.39, 0.29) is 24.2 Å². The van der Waals surface area contributed by atoms with Crippen LogP contribution in [0.25, 0.3) is 0 Å². The lowest BCUT2D eigenvalue weighted by Gasteiger charge is -2.31. The van der Waals surface area contributed by atoms with Crippen LogP contribution in [0.3, 0.4) is 0 Å². The molecule has 0 saturated carbocycles. The zero-order valence-corrected chi connectivity index (χ0v) is 15.6. The number of nitrogens with zero attached hydrogens (tertiary/aromatic N) is 2. The molecule has 1 saturated heterocycles. The van der Waals surface area contributed by atoms with E-state index in [2.05, 4.69) is 6.07 Å². The molecule has 1 fully saturated rings. The van der Waals surface area contributed by atoms with Gasteiger partial charge in [-0.3, -0.25) is 9.59 Å². The zero-order chi connectivity index (χ0) is 18.8. The minimum Gasteiger partial charge on any atom is -0.492 e. The van der Waals surface area contributed by atoms with Crippen molar-refractivity contribution >= 4 is 23.2 Å². The molecule has 5 nitrogen and oxygen atoms in total. The van der Waals surface area contributed by atoms with Crippen LogP contribution in [0.2, 0.25) is 0 Å². The van der Waals surface area contributed by atoms with Crippen LogP contribution in [0, 0.1) is 5.92 Å². The number of hydrogen-bond donors (Lipinski definition) is 0. The van der Waals surface area contributed by atoms with Crippen molar-refractivity contribution in [2.75, 3.05) is 29.5 Å². The summed E-state index contributed by atoms with van der Waals surface area (Å²) in [6.07, 6.45) is 2.20. The van der Waals surface area contributed by atoms with Gasteiger partial charge in [0.15, 0.2) is 0 Å². The number of para-hydroxylation sites is 3. The van der Waals surface area contributed by atoms with Crippen molar-refractivity contribution in [3.8, 4) is 5.75 Å². The first-order chi connectivity index (χ1) is 13.2. The maximum atomic E-state index is 13.2. The number of aryl methyl sites for hydroxylation is 1. The van der Waals surface area contributed by atoms with Crippen LogP contribution in [-0.2, 0) is 16.0 Å². The Hall–Kier alpha value is -2.82. The van der Waals surface area contributed by atoms with Crippen molar-refractivity contribution in [3.05, 3.63) is 54.1 Å². The summed E-state index contributed by atoms with van der Waals surface area (Å²) in [5, 5.41) is 0. The van der Waals surface area contributed by atoms with E-state index in [9.17, 15) is 9.59 Å². The van der Waals surface area contributed by atoms with Gasteiger partial charge < -0.3 is 14.5 Å². The Bertz CT molecular complexity index is 864. The van der Waals surface area contributed by atoms with E-state index in [0.717, 1.165) is 30.8 Å². The standard InChI is InChI=1S/C22H24N2O3/c1-2-27-20-12-6-5-11-19(20)24-15-17(14-21(24)25)22(26)23-13-7-9-16-8-3-4-10-18(16)23/h3-6,8,10-12,17H,2,7,9,13-15H2,1H3. The first-order valence-electron chi connectivity index (χ1n) is 9.60. The molecule has 2 heterocycles. The fourth-order valence-electron chi connectivity index (χ4n) is 4.05. The lowest BCUT2D eigenvalue weighted by Crippen LogP contribution is -2.40. The van der Waals surface area contributed by atoms with E-state index in [1.165, 1.54) is 5.56 Å². The number of carbonyl (C=O) groups is 2. The summed E-state index contributed by atoms with van der Waals surface area (Å²) in [6, 6.07) is 15.6. The average molecular weight is 364 g/mol. The van der Waals surface area contributed by atoms with Gasteiger partial charge in [-0.05, 0) is 43.5 Å². The molecule has 0 bridgehead atoms. The monoisotopic (exact) mass is 364 g/mol. The van der Waals surface area contributed by atoms with Gasteiger partial charge in [-0.15, -0.1) is 0 Å². The van der Waals surface area contributed by atoms with Crippen LogP contribution < -0.4 is 14.5 Å². The van der Waals surface area contributed by atoms with Crippen molar-refractivity contribution in [1.29, 1.82) is 0 Å². The summed E-state index contributed by atoms with van der Waals surface area (Å²) in [4.78, 5) is 29.5. The van der Waals surface area contributed by atoms with E-state index in [1.54, 1.807) is 4.90 Å². The Balaban J connectivity index is 1.56. The molecule has 0 spiro atoms. The Kier molecular flexibility index (Phi) is 4.84. The van der Waals surface area contributed by atoms with Gasteiger partial charge in [-0.1, -0.05) is 30.3 Å². The molecular weight excluding hydrogens is 340 g/mol. The molecular formula is C22H24N2O3. The SMILES string of the molecule is CCOc1ccccc1N1CC(C(=O)N2CCCc3ccccc32)CC1=O. The number of amides is 2.